The van der Waals surface area contributed by atoms with Crippen LogP contribution in [-0.4, -0.2) is 22.0 Å². The van der Waals surface area contributed by atoms with Gasteiger partial charge in [0.25, 0.3) is 5.56 Å². The Hall–Kier alpha value is -3.67. The Labute approximate surface area is 161 Å². The van der Waals surface area contributed by atoms with Crippen molar-refractivity contribution < 1.29 is 14.3 Å². The van der Waals surface area contributed by atoms with Crippen molar-refractivity contribution in [3.63, 3.8) is 0 Å². The molecule has 0 aliphatic heterocycles. The molecule has 0 amide bonds. The van der Waals surface area contributed by atoms with Crippen LogP contribution in [-0.2, 0) is 16.1 Å². The Balaban J connectivity index is 1.39. The first kappa shape index (κ1) is 17.7. The van der Waals surface area contributed by atoms with Crippen LogP contribution >= 0.6 is 0 Å². The van der Waals surface area contributed by atoms with Gasteiger partial charge in [-0.3, -0.25) is 9.20 Å². The molecule has 0 spiro atoms. The lowest BCUT2D eigenvalue weighted by atomic mass is 10.1. The van der Waals surface area contributed by atoms with E-state index in [0.29, 0.717) is 17.1 Å². The first-order valence-electron chi connectivity index (χ1n) is 8.85. The molecule has 4 rings (SSSR count). The first-order chi connectivity index (χ1) is 13.6. The predicted octanol–water partition coefficient (Wildman–Crippen LogP) is 3.28. The maximum atomic E-state index is 12.2. The third-order valence-electron chi connectivity index (χ3n) is 4.40. The number of hydrogen-bond acceptors (Lipinski definition) is 5. The zero-order chi connectivity index (χ0) is 19.5. The molecule has 2 heterocycles. The maximum absolute atomic E-state index is 12.2. The molecule has 0 bridgehead atoms. The number of hydrogen-bond donors (Lipinski definition) is 0. The first-order valence-corrected chi connectivity index (χ1v) is 8.85. The van der Waals surface area contributed by atoms with Crippen molar-refractivity contribution in [3.8, 4) is 5.75 Å². The molecule has 0 unspecified atom stereocenters. The number of aryl methyl sites for hydroxylation is 1. The van der Waals surface area contributed by atoms with Crippen LogP contribution in [0.4, 0.5) is 0 Å². The van der Waals surface area contributed by atoms with Crippen molar-refractivity contribution in [2.75, 3.05) is 6.61 Å². The van der Waals surface area contributed by atoms with Gasteiger partial charge in [-0.15, -0.1) is 0 Å². The predicted molar refractivity (Wildman–Crippen MR) is 105 cm³/mol. The van der Waals surface area contributed by atoms with Gasteiger partial charge < -0.3 is 9.47 Å². The van der Waals surface area contributed by atoms with Gasteiger partial charge in [0.05, 0.1) is 5.69 Å². The molecule has 6 nitrogen and oxygen atoms in total. The van der Waals surface area contributed by atoms with Crippen molar-refractivity contribution in [1.82, 2.24) is 9.38 Å². The van der Waals surface area contributed by atoms with Crippen molar-refractivity contribution in [1.29, 1.82) is 0 Å². The number of esters is 1. The molecule has 0 saturated heterocycles. The molecule has 0 aliphatic rings. The second-order valence-electron chi connectivity index (χ2n) is 6.43. The van der Waals surface area contributed by atoms with E-state index in [2.05, 4.69) is 4.98 Å². The highest BCUT2D eigenvalue weighted by molar-refractivity contribution is 5.83. The van der Waals surface area contributed by atoms with Crippen LogP contribution in [0.1, 0.15) is 11.3 Å². The van der Waals surface area contributed by atoms with Crippen molar-refractivity contribution in [2.24, 2.45) is 0 Å². The molecule has 6 heteroatoms. The number of carbonyl (C=O) groups excluding carboxylic acids is 1. The van der Waals surface area contributed by atoms with E-state index in [-0.39, 0.29) is 18.8 Å². The Morgan fingerprint density at radius 2 is 1.86 bits per heavy atom. The average molecular weight is 374 g/mol. The monoisotopic (exact) mass is 374 g/mol. The molecule has 0 fully saturated rings. The molecule has 4 aromatic rings. The van der Waals surface area contributed by atoms with Crippen molar-refractivity contribution in [2.45, 2.75) is 13.5 Å². The highest BCUT2D eigenvalue weighted by Gasteiger charge is 2.09. The summed E-state index contributed by atoms with van der Waals surface area (Å²) in [4.78, 5) is 28.6. The van der Waals surface area contributed by atoms with Crippen LogP contribution in [0.3, 0.4) is 0 Å². The maximum Gasteiger partial charge on any atom is 0.344 e. The largest absolute Gasteiger partial charge is 0.482 e. The fourth-order valence-corrected chi connectivity index (χ4v) is 2.98. The highest BCUT2D eigenvalue weighted by atomic mass is 16.6. The van der Waals surface area contributed by atoms with Gasteiger partial charge in [-0.05, 0) is 41.5 Å². The summed E-state index contributed by atoms with van der Waals surface area (Å²) in [6.45, 7) is 1.57. The second-order valence-corrected chi connectivity index (χ2v) is 6.43. The number of aromatic nitrogens is 2. The fourth-order valence-electron chi connectivity index (χ4n) is 2.98. The molecule has 0 aliphatic carbocycles. The molecular formula is C22H18N2O4. The molecule has 140 valence electrons. The molecular weight excluding hydrogens is 356 g/mol. The van der Waals surface area contributed by atoms with Gasteiger partial charge in [0, 0.05) is 12.3 Å². The Morgan fingerprint density at radius 1 is 1.04 bits per heavy atom. The number of nitrogens with zero attached hydrogens (tertiary/aromatic N) is 2. The van der Waals surface area contributed by atoms with E-state index in [1.807, 2.05) is 55.5 Å². The van der Waals surface area contributed by atoms with E-state index < -0.39 is 5.97 Å². The van der Waals surface area contributed by atoms with Gasteiger partial charge >= 0.3 is 5.97 Å². The van der Waals surface area contributed by atoms with Crippen LogP contribution in [0, 0.1) is 6.92 Å². The van der Waals surface area contributed by atoms with Crippen LogP contribution < -0.4 is 10.3 Å². The lowest BCUT2D eigenvalue weighted by molar-refractivity contribution is -0.147. The third kappa shape index (κ3) is 3.71. The lowest BCUT2D eigenvalue weighted by Gasteiger charge is -2.09. The number of rotatable bonds is 5. The molecule has 2 aromatic heterocycles. The molecule has 2 aromatic carbocycles. The summed E-state index contributed by atoms with van der Waals surface area (Å²) in [7, 11) is 0. The van der Waals surface area contributed by atoms with Gasteiger partial charge in [0.2, 0.25) is 0 Å². The minimum Gasteiger partial charge on any atom is -0.482 e. The SMILES string of the molecule is Cc1cccn2c(=O)cc(COC(=O)COc3ccc4ccccc4c3)nc12. The van der Waals surface area contributed by atoms with Crippen LogP contribution in [0.25, 0.3) is 16.4 Å². The minimum absolute atomic E-state index is 0.0833. The quantitative estimate of drug-likeness (QED) is 0.502. The van der Waals surface area contributed by atoms with E-state index in [1.165, 1.54) is 10.5 Å². The molecule has 28 heavy (non-hydrogen) atoms. The van der Waals surface area contributed by atoms with Crippen molar-refractivity contribution >= 4 is 22.4 Å². The van der Waals surface area contributed by atoms with Crippen molar-refractivity contribution in [3.05, 3.63) is 88.5 Å². The smallest absolute Gasteiger partial charge is 0.344 e. The Bertz CT molecular complexity index is 1230. The topological polar surface area (TPSA) is 69.9 Å². The lowest BCUT2D eigenvalue weighted by Crippen LogP contribution is -2.19. The van der Waals surface area contributed by atoms with E-state index in [1.54, 1.807) is 12.3 Å². The molecule has 0 N–H and O–H groups in total. The van der Waals surface area contributed by atoms with Gasteiger partial charge in [0.1, 0.15) is 18.0 Å². The number of ether oxygens (including phenoxy) is 2. The van der Waals surface area contributed by atoms with Gasteiger partial charge in [0.15, 0.2) is 6.61 Å². The Kier molecular flexibility index (Phi) is 4.76. The normalized spacial score (nSPS) is 10.9. The van der Waals surface area contributed by atoms with E-state index >= 15 is 0 Å². The third-order valence-corrected chi connectivity index (χ3v) is 4.40. The fraction of sp³-hybridized carbons (Fsp3) is 0.136. The van der Waals surface area contributed by atoms with Crippen LogP contribution in [0.5, 0.6) is 5.75 Å². The number of pyridine rings is 1. The standard InChI is InChI=1S/C22H18N2O4/c1-15-5-4-10-24-20(25)12-18(23-22(15)24)13-28-21(26)14-27-19-9-8-16-6-2-3-7-17(16)11-19/h2-12H,13-14H2,1H3. The summed E-state index contributed by atoms with van der Waals surface area (Å²) >= 11 is 0. The molecule has 0 radical (unpaired) electrons. The zero-order valence-electron chi connectivity index (χ0n) is 15.3. The van der Waals surface area contributed by atoms with Gasteiger partial charge in [-0.25, -0.2) is 9.78 Å². The summed E-state index contributed by atoms with van der Waals surface area (Å²) in [5.74, 6) is 0.0632. The summed E-state index contributed by atoms with van der Waals surface area (Å²) in [6, 6.07) is 18.5. The van der Waals surface area contributed by atoms with Gasteiger partial charge in [-0.1, -0.05) is 36.4 Å². The van der Waals surface area contributed by atoms with E-state index in [9.17, 15) is 9.59 Å². The van der Waals surface area contributed by atoms with E-state index in [4.69, 9.17) is 9.47 Å². The summed E-state index contributed by atoms with van der Waals surface area (Å²) in [5, 5.41) is 2.13. The van der Waals surface area contributed by atoms with Gasteiger partial charge in [-0.2, -0.15) is 0 Å². The summed E-state index contributed by atoms with van der Waals surface area (Å²) in [5.41, 5.74) is 1.60. The summed E-state index contributed by atoms with van der Waals surface area (Å²) < 4.78 is 12.2. The molecule has 0 saturated carbocycles. The van der Waals surface area contributed by atoms with E-state index in [0.717, 1.165) is 16.3 Å². The minimum atomic E-state index is -0.528. The number of carbonyl (C=O) groups is 1. The van der Waals surface area contributed by atoms with Crippen LogP contribution in [0.2, 0.25) is 0 Å². The molecule has 0 atom stereocenters. The van der Waals surface area contributed by atoms with Crippen LogP contribution in [0.15, 0.2) is 71.7 Å². The average Bonchev–Trinajstić information content (AvgIpc) is 2.71. The summed E-state index contributed by atoms with van der Waals surface area (Å²) in [6.07, 6.45) is 1.66. The second kappa shape index (κ2) is 7.52. The highest BCUT2D eigenvalue weighted by Crippen LogP contribution is 2.20. The zero-order valence-corrected chi connectivity index (χ0v) is 15.3. The Morgan fingerprint density at radius 3 is 2.71 bits per heavy atom. The number of fused-ring (bicyclic) bond motifs is 2. The number of benzene rings is 2.